The molecule has 0 spiro atoms. The summed E-state index contributed by atoms with van der Waals surface area (Å²) in [5.41, 5.74) is 1.05. The molecule has 92 valence electrons. The zero-order valence-corrected chi connectivity index (χ0v) is 10.6. The second-order valence-corrected chi connectivity index (χ2v) is 5.46. The first kappa shape index (κ1) is 12.0. The first-order valence-electron chi connectivity index (χ1n) is 5.98. The summed E-state index contributed by atoms with van der Waals surface area (Å²) in [5.74, 6) is 0. The molecule has 0 unspecified atom stereocenters. The minimum absolute atomic E-state index is 0.143. The third-order valence-electron chi connectivity index (χ3n) is 3.00. The Morgan fingerprint density at radius 3 is 2.53 bits per heavy atom. The largest absolute Gasteiger partial charge is 0.447 e. The minimum Gasteiger partial charge on any atom is -0.447 e. The van der Waals surface area contributed by atoms with Gasteiger partial charge in [0.2, 0.25) is 0 Å². The van der Waals surface area contributed by atoms with E-state index in [1.165, 1.54) is 5.56 Å². The van der Waals surface area contributed by atoms with E-state index in [0.29, 0.717) is 6.61 Å². The molecule has 1 aromatic carbocycles. The Kier molecular flexibility index (Phi) is 3.09. The van der Waals surface area contributed by atoms with Crippen molar-refractivity contribution < 1.29 is 9.53 Å². The molecule has 1 aliphatic heterocycles. The maximum atomic E-state index is 11.7. The number of rotatable bonds is 2. The van der Waals surface area contributed by atoms with Gasteiger partial charge in [0.15, 0.2) is 0 Å². The second-order valence-electron chi connectivity index (χ2n) is 5.46. The Morgan fingerprint density at radius 1 is 1.29 bits per heavy atom. The fourth-order valence-electron chi connectivity index (χ4n) is 2.32. The van der Waals surface area contributed by atoms with Crippen LogP contribution in [0.25, 0.3) is 0 Å². The first-order valence-corrected chi connectivity index (χ1v) is 5.98. The molecule has 3 heteroatoms. The molecule has 0 N–H and O–H groups in total. The van der Waals surface area contributed by atoms with Crippen LogP contribution in [0, 0.1) is 0 Å². The molecule has 1 atom stereocenters. The third-order valence-corrected chi connectivity index (χ3v) is 3.00. The number of hydrogen-bond acceptors (Lipinski definition) is 2. The van der Waals surface area contributed by atoms with Gasteiger partial charge in [-0.25, -0.2) is 4.79 Å². The van der Waals surface area contributed by atoms with Crippen LogP contribution >= 0.6 is 0 Å². The van der Waals surface area contributed by atoms with Crippen LogP contribution in [0.1, 0.15) is 26.3 Å². The van der Waals surface area contributed by atoms with Crippen molar-refractivity contribution in [3.63, 3.8) is 0 Å². The van der Waals surface area contributed by atoms with E-state index < -0.39 is 0 Å². The van der Waals surface area contributed by atoms with E-state index in [9.17, 15) is 4.79 Å². The fraction of sp³-hybridized carbons (Fsp3) is 0.500. The number of cyclic esters (lactones) is 1. The summed E-state index contributed by atoms with van der Waals surface area (Å²) in [4.78, 5) is 13.6. The van der Waals surface area contributed by atoms with Gasteiger partial charge >= 0.3 is 6.09 Å². The molecule has 1 fully saturated rings. The first-order chi connectivity index (χ1) is 7.98. The number of hydrogen-bond donors (Lipinski definition) is 0. The highest BCUT2D eigenvalue weighted by molar-refractivity contribution is 5.71. The highest BCUT2D eigenvalue weighted by atomic mass is 16.6. The van der Waals surface area contributed by atoms with Crippen molar-refractivity contribution in [1.82, 2.24) is 4.90 Å². The second kappa shape index (κ2) is 4.40. The average molecular weight is 233 g/mol. The zero-order valence-electron chi connectivity index (χ0n) is 10.6. The summed E-state index contributed by atoms with van der Waals surface area (Å²) < 4.78 is 5.16. The van der Waals surface area contributed by atoms with Crippen molar-refractivity contribution in [2.24, 2.45) is 0 Å². The summed E-state index contributed by atoms with van der Waals surface area (Å²) in [7, 11) is 0. The molecule has 2 rings (SSSR count). The quantitative estimate of drug-likeness (QED) is 0.786. The third kappa shape index (κ3) is 2.60. The normalized spacial score (nSPS) is 20.5. The van der Waals surface area contributed by atoms with Gasteiger partial charge in [0.1, 0.15) is 6.61 Å². The van der Waals surface area contributed by atoms with E-state index in [-0.39, 0.29) is 17.7 Å². The van der Waals surface area contributed by atoms with Crippen LogP contribution in [0.2, 0.25) is 0 Å². The summed E-state index contributed by atoms with van der Waals surface area (Å²) in [5, 5.41) is 0. The Hall–Kier alpha value is -1.51. The number of nitrogens with zero attached hydrogens (tertiary/aromatic N) is 1. The molecule has 1 heterocycles. The highest BCUT2D eigenvalue weighted by Crippen LogP contribution is 2.25. The van der Waals surface area contributed by atoms with E-state index >= 15 is 0 Å². The monoisotopic (exact) mass is 233 g/mol. The number of ether oxygens (including phenoxy) is 1. The SMILES string of the molecule is CC(C)(C)N1C(=O)OC[C@@H]1Cc1ccccc1. The summed E-state index contributed by atoms with van der Waals surface area (Å²) in [6.45, 7) is 6.61. The van der Waals surface area contributed by atoms with E-state index in [2.05, 4.69) is 12.1 Å². The zero-order chi connectivity index (χ0) is 12.5. The van der Waals surface area contributed by atoms with Crippen molar-refractivity contribution in [2.45, 2.75) is 38.8 Å². The van der Waals surface area contributed by atoms with E-state index in [4.69, 9.17) is 4.74 Å². The molecular formula is C14H19NO2. The lowest BCUT2D eigenvalue weighted by molar-refractivity contribution is 0.122. The number of amides is 1. The van der Waals surface area contributed by atoms with Gasteiger partial charge in [0.25, 0.3) is 0 Å². The Bertz CT molecular complexity index is 394. The number of benzene rings is 1. The van der Waals surface area contributed by atoms with Gasteiger partial charge in [-0.2, -0.15) is 0 Å². The van der Waals surface area contributed by atoms with Crippen molar-refractivity contribution >= 4 is 6.09 Å². The van der Waals surface area contributed by atoms with Crippen LogP contribution in [-0.4, -0.2) is 29.2 Å². The van der Waals surface area contributed by atoms with Crippen LogP contribution in [0.15, 0.2) is 30.3 Å². The predicted octanol–water partition coefficient (Wildman–Crippen LogP) is 2.85. The highest BCUT2D eigenvalue weighted by Gasteiger charge is 2.39. The standard InChI is InChI=1S/C14H19NO2/c1-14(2,3)15-12(10-17-13(15)16)9-11-7-5-4-6-8-11/h4-8,12H,9-10H2,1-3H3/t12-/m0/s1. The summed E-state index contributed by atoms with van der Waals surface area (Å²) >= 11 is 0. The maximum Gasteiger partial charge on any atom is 0.410 e. The molecule has 0 radical (unpaired) electrons. The number of carbonyl (C=O) groups is 1. The Balaban J connectivity index is 2.13. The number of carbonyl (C=O) groups excluding carboxylic acids is 1. The van der Waals surface area contributed by atoms with Gasteiger partial charge < -0.3 is 4.74 Å². The Labute approximate surface area is 102 Å². The van der Waals surface area contributed by atoms with Crippen molar-refractivity contribution in [3.8, 4) is 0 Å². The van der Waals surface area contributed by atoms with Gasteiger partial charge in [-0.15, -0.1) is 0 Å². The van der Waals surface area contributed by atoms with Gasteiger partial charge in [-0.1, -0.05) is 30.3 Å². The molecule has 0 aromatic heterocycles. The van der Waals surface area contributed by atoms with Crippen LogP contribution in [0.3, 0.4) is 0 Å². The lowest BCUT2D eigenvalue weighted by atomic mass is 10.00. The minimum atomic E-state index is -0.196. The summed E-state index contributed by atoms with van der Waals surface area (Å²) in [6.07, 6.45) is 0.655. The van der Waals surface area contributed by atoms with Crippen LogP contribution in [0.4, 0.5) is 4.79 Å². The topological polar surface area (TPSA) is 29.5 Å². The van der Waals surface area contributed by atoms with Gasteiger partial charge in [0.05, 0.1) is 6.04 Å². The molecule has 0 bridgehead atoms. The van der Waals surface area contributed by atoms with Crippen molar-refractivity contribution in [3.05, 3.63) is 35.9 Å². The van der Waals surface area contributed by atoms with Crippen LogP contribution < -0.4 is 0 Å². The lowest BCUT2D eigenvalue weighted by Crippen LogP contribution is -2.48. The van der Waals surface area contributed by atoms with Gasteiger partial charge in [0, 0.05) is 5.54 Å². The van der Waals surface area contributed by atoms with Crippen molar-refractivity contribution in [1.29, 1.82) is 0 Å². The molecule has 1 amide bonds. The molecular weight excluding hydrogens is 214 g/mol. The molecule has 17 heavy (non-hydrogen) atoms. The maximum absolute atomic E-state index is 11.7. The van der Waals surface area contributed by atoms with Crippen LogP contribution in [-0.2, 0) is 11.2 Å². The lowest BCUT2D eigenvalue weighted by Gasteiger charge is -2.34. The van der Waals surface area contributed by atoms with Crippen LogP contribution in [0.5, 0.6) is 0 Å². The molecule has 0 saturated carbocycles. The van der Waals surface area contributed by atoms with E-state index in [1.54, 1.807) is 0 Å². The fourth-order valence-corrected chi connectivity index (χ4v) is 2.32. The van der Waals surface area contributed by atoms with E-state index in [0.717, 1.165) is 6.42 Å². The average Bonchev–Trinajstić information content (AvgIpc) is 2.60. The van der Waals surface area contributed by atoms with Gasteiger partial charge in [-0.05, 0) is 32.8 Å². The van der Waals surface area contributed by atoms with E-state index in [1.807, 2.05) is 43.9 Å². The molecule has 1 saturated heterocycles. The van der Waals surface area contributed by atoms with Gasteiger partial charge in [-0.3, -0.25) is 4.90 Å². The molecule has 1 aliphatic rings. The molecule has 0 aliphatic carbocycles. The predicted molar refractivity (Wildman–Crippen MR) is 66.9 cm³/mol. The smallest absolute Gasteiger partial charge is 0.410 e. The molecule has 3 nitrogen and oxygen atoms in total. The Morgan fingerprint density at radius 2 is 1.94 bits per heavy atom. The summed E-state index contributed by atoms with van der Waals surface area (Å²) in [6, 6.07) is 10.4. The van der Waals surface area contributed by atoms with Crippen molar-refractivity contribution in [2.75, 3.05) is 6.61 Å². The molecule has 1 aromatic rings.